The summed E-state index contributed by atoms with van der Waals surface area (Å²) in [7, 11) is -9.65. The molecular formula is C22H29ClFN5O8P2. The van der Waals surface area contributed by atoms with Crippen molar-refractivity contribution in [3.8, 4) is 0 Å². The molecule has 6 N–H and O–H groups in total. The summed E-state index contributed by atoms with van der Waals surface area (Å²) in [6.45, 7) is 2.70. The maximum atomic E-state index is 15.4. The van der Waals surface area contributed by atoms with Gasteiger partial charge in [0.05, 0.1) is 19.0 Å². The summed E-state index contributed by atoms with van der Waals surface area (Å²) >= 11 is 6.09. The number of aromatic nitrogens is 4. The lowest BCUT2D eigenvalue weighted by atomic mass is 10.0. The monoisotopic (exact) mass is 607 g/mol. The fourth-order valence-corrected chi connectivity index (χ4v) is 6.42. The molecule has 3 rings (SSSR count). The fraction of sp³-hybridized carbons (Fsp3) is 0.409. The van der Waals surface area contributed by atoms with E-state index < -0.39 is 46.2 Å². The molecule has 0 amide bonds. The first-order valence-corrected chi connectivity index (χ1v) is 15.6. The smallest absolute Gasteiger partial charge is 0.340 e. The Kier molecular flexibility index (Phi) is 10.4. The zero-order chi connectivity index (χ0) is 29.0. The lowest BCUT2D eigenvalue weighted by molar-refractivity contribution is -0.0352. The van der Waals surface area contributed by atoms with Crippen LogP contribution >= 0.6 is 26.8 Å². The summed E-state index contributed by atoms with van der Waals surface area (Å²) < 4.78 is 44.1. The molecule has 0 saturated carbocycles. The number of anilines is 1. The predicted molar refractivity (Wildman–Crippen MR) is 142 cm³/mol. The quantitative estimate of drug-likeness (QED) is 0.0939. The summed E-state index contributed by atoms with van der Waals surface area (Å²) in [6, 6.07) is 9.21. The first-order chi connectivity index (χ1) is 18.2. The molecule has 0 fully saturated rings. The van der Waals surface area contributed by atoms with E-state index in [0.717, 1.165) is 16.5 Å². The van der Waals surface area contributed by atoms with E-state index in [1.807, 2.05) is 37.3 Å². The van der Waals surface area contributed by atoms with Gasteiger partial charge in [0.2, 0.25) is 5.28 Å². The summed E-state index contributed by atoms with van der Waals surface area (Å²) in [5.41, 5.74) is 0.866. The fourth-order valence-electron chi connectivity index (χ4n) is 3.71. The van der Waals surface area contributed by atoms with Gasteiger partial charge in [-0.3, -0.25) is 13.7 Å². The van der Waals surface area contributed by atoms with Crippen LogP contribution in [0.5, 0.6) is 0 Å². The van der Waals surface area contributed by atoms with E-state index in [-0.39, 0.29) is 40.3 Å². The van der Waals surface area contributed by atoms with Crippen LogP contribution in [0.4, 0.5) is 10.2 Å². The molecule has 0 spiro atoms. The van der Waals surface area contributed by atoms with Crippen LogP contribution in [0.25, 0.3) is 11.2 Å². The van der Waals surface area contributed by atoms with Crippen molar-refractivity contribution in [2.75, 3.05) is 17.8 Å². The largest absolute Gasteiger partial charge is 0.385 e. The maximum absolute atomic E-state index is 15.4. The standard InChI is InChI=1S/C22H29ClFN5O8P2/c1-3-7-15(10-37-39(35,36)12-38(32,33)34)18(30)16(24)21(31)29-11-25-17-19(27-22(23)28-20(17)29)26-13(2)14-8-5-4-6-9-14/h4-9,11,13,16,18,21,30-31H,3,10,12H2,1-2H3,(H,35,36)(H,26,27,28)(H2,32,33,34)/b15-7-/t13-,16+,18-,21-/m1/s1. The number of imidazole rings is 1. The second kappa shape index (κ2) is 12.9. The highest BCUT2D eigenvalue weighted by atomic mass is 35.5. The highest BCUT2D eigenvalue weighted by molar-refractivity contribution is 7.70. The minimum atomic E-state index is -4.88. The van der Waals surface area contributed by atoms with Crippen LogP contribution in [-0.2, 0) is 13.7 Å². The molecule has 1 aromatic carbocycles. The molecule has 13 nitrogen and oxygen atoms in total. The number of alkyl halides is 1. The number of aliphatic hydroxyl groups excluding tert-OH is 2. The molecule has 17 heteroatoms. The molecule has 2 heterocycles. The molecule has 2 aromatic heterocycles. The lowest BCUT2D eigenvalue weighted by Crippen LogP contribution is -2.34. The van der Waals surface area contributed by atoms with Gasteiger partial charge < -0.3 is 34.7 Å². The van der Waals surface area contributed by atoms with Gasteiger partial charge in [0.1, 0.15) is 6.10 Å². The Balaban J connectivity index is 1.83. The number of aliphatic hydroxyl groups is 2. The first-order valence-electron chi connectivity index (χ1n) is 11.6. The molecule has 0 radical (unpaired) electrons. The van der Waals surface area contributed by atoms with Crippen molar-refractivity contribution in [2.24, 2.45) is 0 Å². The molecule has 0 aliphatic carbocycles. The number of nitrogens with one attached hydrogen (secondary N) is 1. The molecular weight excluding hydrogens is 579 g/mol. The molecule has 3 aromatic rings. The second-order valence-electron chi connectivity index (χ2n) is 8.65. The zero-order valence-corrected chi connectivity index (χ0v) is 23.4. The SMILES string of the molecule is CC/C=C(/COP(=O)(O)CP(=O)(O)O)[C@@H](O)[C@H](F)[C@@H](O)n1cnc2c(N[C@H](C)c3ccccc3)nc(Cl)nc21. The normalized spacial score (nSPS) is 17.4. The van der Waals surface area contributed by atoms with Crippen molar-refractivity contribution in [1.29, 1.82) is 0 Å². The molecule has 0 bridgehead atoms. The number of rotatable bonds is 13. The maximum Gasteiger partial charge on any atom is 0.340 e. The number of hydrogen-bond donors (Lipinski definition) is 6. The van der Waals surface area contributed by atoms with Crippen molar-refractivity contribution in [3.05, 3.63) is 59.2 Å². The van der Waals surface area contributed by atoms with Gasteiger partial charge in [0.15, 0.2) is 35.3 Å². The van der Waals surface area contributed by atoms with Crippen molar-refractivity contribution >= 4 is 43.8 Å². The second-order valence-corrected chi connectivity index (χ2v) is 13.0. The van der Waals surface area contributed by atoms with Crippen LogP contribution in [0.2, 0.25) is 5.28 Å². The molecule has 39 heavy (non-hydrogen) atoms. The van der Waals surface area contributed by atoms with Gasteiger partial charge in [0.25, 0.3) is 0 Å². The topological polar surface area (TPSA) is 200 Å². The van der Waals surface area contributed by atoms with E-state index in [9.17, 15) is 24.2 Å². The van der Waals surface area contributed by atoms with Crippen molar-refractivity contribution < 1.29 is 42.9 Å². The summed E-state index contributed by atoms with van der Waals surface area (Å²) in [5.74, 6) is -1.22. The number of benzene rings is 1. The van der Waals surface area contributed by atoms with E-state index >= 15 is 4.39 Å². The Labute approximate surface area is 228 Å². The molecule has 0 aliphatic rings. The number of allylic oxidation sites excluding steroid dienone is 1. The summed E-state index contributed by atoms with van der Waals surface area (Å²) in [5, 5.41) is 24.3. The van der Waals surface area contributed by atoms with E-state index in [4.69, 9.17) is 25.9 Å². The van der Waals surface area contributed by atoms with E-state index in [2.05, 4.69) is 20.3 Å². The summed E-state index contributed by atoms with van der Waals surface area (Å²) in [4.78, 5) is 40.0. The van der Waals surface area contributed by atoms with Crippen LogP contribution < -0.4 is 5.32 Å². The Morgan fingerprint density at radius 3 is 2.49 bits per heavy atom. The predicted octanol–water partition coefficient (Wildman–Crippen LogP) is 3.52. The van der Waals surface area contributed by atoms with Crippen LogP contribution in [0.1, 0.15) is 38.1 Å². The van der Waals surface area contributed by atoms with Crippen LogP contribution in [-0.4, -0.2) is 69.2 Å². The minimum absolute atomic E-state index is 0.0288. The number of hydrogen-bond acceptors (Lipinski definition) is 9. The third kappa shape index (κ3) is 8.37. The number of fused-ring (bicyclic) bond motifs is 1. The first kappa shape index (κ1) is 31.3. The van der Waals surface area contributed by atoms with Gasteiger partial charge in [-0.25, -0.2) is 9.37 Å². The summed E-state index contributed by atoms with van der Waals surface area (Å²) in [6.07, 6.45) is -3.82. The van der Waals surface area contributed by atoms with E-state index in [1.54, 1.807) is 6.92 Å². The van der Waals surface area contributed by atoms with Gasteiger partial charge in [-0.2, -0.15) is 9.97 Å². The highest BCUT2D eigenvalue weighted by Gasteiger charge is 2.35. The third-order valence-corrected chi connectivity index (χ3v) is 9.17. The minimum Gasteiger partial charge on any atom is -0.385 e. The zero-order valence-electron chi connectivity index (χ0n) is 20.9. The van der Waals surface area contributed by atoms with Gasteiger partial charge in [0, 0.05) is 0 Å². The third-order valence-electron chi connectivity index (χ3n) is 5.56. The lowest BCUT2D eigenvalue weighted by Gasteiger charge is -2.25. The Morgan fingerprint density at radius 2 is 1.87 bits per heavy atom. The Morgan fingerprint density at radius 1 is 1.21 bits per heavy atom. The highest BCUT2D eigenvalue weighted by Crippen LogP contribution is 2.55. The van der Waals surface area contributed by atoms with E-state index in [1.165, 1.54) is 6.08 Å². The van der Waals surface area contributed by atoms with E-state index in [0.29, 0.717) is 0 Å². The van der Waals surface area contributed by atoms with Crippen molar-refractivity contribution in [2.45, 2.75) is 44.8 Å². The van der Waals surface area contributed by atoms with Crippen LogP contribution in [0.3, 0.4) is 0 Å². The molecule has 214 valence electrons. The average molecular weight is 608 g/mol. The van der Waals surface area contributed by atoms with Crippen molar-refractivity contribution in [3.63, 3.8) is 0 Å². The molecule has 5 atom stereocenters. The molecule has 0 aliphatic heterocycles. The molecule has 1 unspecified atom stereocenters. The van der Waals surface area contributed by atoms with Crippen LogP contribution in [0.15, 0.2) is 48.3 Å². The Hall–Kier alpha value is -2.25. The average Bonchev–Trinajstić information content (AvgIpc) is 3.28. The molecule has 0 saturated heterocycles. The Bertz CT molecular complexity index is 1410. The number of nitrogens with zero attached hydrogens (tertiary/aromatic N) is 4. The van der Waals surface area contributed by atoms with Gasteiger partial charge in [-0.15, -0.1) is 0 Å². The van der Waals surface area contributed by atoms with Gasteiger partial charge in [-0.1, -0.05) is 43.3 Å². The van der Waals surface area contributed by atoms with Crippen LogP contribution in [0, 0.1) is 0 Å². The number of halogens is 2. The van der Waals surface area contributed by atoms with Gasteiger partial charge >= 0.3 is 15.2 Å². The van der Waals surface area contributed by atoms with Gasteiger partial charge in [-0.05, 0) is 36.1 Å². The van der Waals surface area contributed by atoms with Crippen molar-refractivity contribution in [1.82, 2.24) is 19.5 Å².